The van der Waals surface area contributed by atoms with Crippen molar-refractivity contribution in [1.29, 1.82) is 0 Å². The van der Waals surface area contributed by atoms with E-state index in [1.165, 1.54) is 25.7 Å². The quantitative estimate of drug-likeness (QED) is 0.751. The lowest BCUT2D eigenvalue weighted by Gasteiger charge is -2.38. The van der Waals surface area contributed by atoms with E-state index in [9.17, 15) is 0 Å². The molecule has 1 atom stereocenters. The van der Waals surface area contributed by atoms with E-state index in [-0.39, 0.29) is 5.54 Å². The number of nitrogens with two attached hydrogens (primary N) is 2. The van der Waals surface area contributed by atoms with E-state index < -0.39 is 0 Å². The fourth-order valence-electron chi connectivity index (χ4n) is 3.30. The number of rotatable bonds is 6. The van der Waals surface area contributed by atoms with Crippen molar-refractivity contribution >= 4 is 17.1 Å². The van der Waals surface area contributed by atoms with E-state index in [2.05, 4.69) is 23.3 Å². The average Bonchev–Trinajstić information content (AvgIpc) is 3.34. The van der Waals surface area contributed by atoms with Crippen LogP contribution in [0.3, 0.4) is 0 Å². The lowest BCUT2D eigenvalue weighted by atomic mass is 9.80. The molecule has 23 heavy (non-hydrogen) atoms. The van der Waals surface area contributed by atoms with Gasteiger partial charge in [-0.3, -0.25) is 0 Å². The minimum Gasteiger partial charge on any atom is -0.483 e. The largest absolute Gasteiger partial charge is 0.483 e. The molecular formula is C18H26N4O. The number of nitrogen functional groups attached to an aromatic ring is 2. The molecule has 5 heteroatoms. The van der Waals surface area contributed by atoms with Gasteiger partial charge in [-0.15, -0.1) is 0 Å². The van der Waals surface area contributed by atoms with Crippen molar-refractivity contribution in [2.75, 3.05) is 18.6 Å². The molecule has 3 rings (SSSR count). The summed E-state index contributed by atoms with van der Waals surface area (Å²) in [6.45, 7) is 2.20. The molecule has 1 unspecified atom stereocenters. The predicted octanol–water partition coefficient (Wildman–Crippen LogP) is 3.06. The van der Waals surface area contributed by atoms with Crippen LogP contribution in [0.1, 0.15) is 44.6 Å². The second kappa shape index (κ2) is 6.14. The van der Waals surface area contributed by atoms with Gasteiger partial charge in [0.1, 0.15) is 5.82 Å². The van der Waals surface area contributed by atoms with Crippen LogP contribution in [0, 0.1) is 5.92 Å². The van der Waals surface area contributed by atoms with E-state index in [0.717, 1.165) is 29.4 Å². The van der Waals surface area contributed by atoms with Gasteiger partial charge < -0.3 is 21.5 Å². The summed E-state index contributed by atoms with van der Waals surface area (Å²) < 4.78 is 5.40. The number of ether oxygens (including phenoxy) is 1. The molecule has 5 nitrogen and oxygen atoms in total. The molecule has 5 N–H and O–H groups in total. The Balaban J connectivity index is 1.89. The summed E-state index contributed by atoms with van der Waals surface area (Å²) in [6, 6.07) is 1.93. The zero-order chi connectivity index (χ0) is 16.4. The first-order valence-corrected chi connectivity index (χ1v) is 8.28. The van der Waals surface area contributed by atoms with Crippen molar-refractivity contribution in [1.82, 2.24) is 10.3 Å². The minimum atomic E-state index is -0.225. The Kier molecular flexibility index (Phi) is 4.20. The highest BCUT2D eigenvalue weighted by Gasteiger charge is 2.34. The van der Waals surface area contributed by atoms with Gasteiger partial charge >= 0.3 is 0 Å². The first-order valence-electron chi connectivity index (χ1n) is 8.28. The third kappa shape index (κ3) is 3.28. The molecule has 0 saturated heterocycles. The fraction of sp³-hybridized carbons (Fsp3) is 0.500. The Hall–Kier alpha value is -2.17. The lowest BCUT2D eigenvalue weighted by Crippen LogP contribution is -2.45. The maximum absolute atomic E-state index is 6.18. The monoisotopic (exact) mass is 314 g/mol. The van der Waals surface area contributed by atoms with Crippen LogP contribution >= 0.6 is 0 Å². The van der Waals surface area contributed by atoms with Crippen molar-refractivity contribution in [2.45, 2.75) is 44.6 Å². The zero-order valence-electron chi connectivity index (χ0n) is 13.9. The van der Waals surface area contributed by atoms with Crippen molar-refractivity contribution in [3.8, 4) is 0 Å². The van der Waals surface area contributed by atoms with Crippen molar-refractivity contribution in [2.24, 2.45) is 5.92 Å². The van der Waals surface area contributed by atoms with Gasteiger partial charge in [0.05, 0.1) is 18.3 Å². The van der Waals surface area contributed by atoms with Gasteiger partial charge in [0.2, 0.25) is 0 Å². The molecule has 1 saturated carbocycles. The van der Waals surface area contributed by atoms with Crippen molar-refractivity contribution in [3.05, 3.63) is 35.9 Å². The zero-order valence-corrected chi connectivity index (χ0v) is 13.9. The average molecular weight is 314 g/mol. The summed E-state index contributed by atoms with van der Waals surface area (Å²) in [5.41, 5.74) is 14.5. The van der Waals surface area contributed by atoms with Gasteiger partial charge in [0, 0.05) is 11.8 Å². The number of hydrogen-bond acceptors (Lipinski definition) is 5. The maximum atomic E-state index is 6.18. The van der Waals surface area contributed by atoms with Crippen LogP contribution < -0.4 is 16.8 Å². The number of anilines is 2. The Morgan fingerprint density at radius 2 is 2.13 bits per heavy atom. The van der Waals surface area contributed by atoms with Crippen LogP contribution in [0.25, 0.3) is 5.57 Å². The van der Waals surface area contributed by atoms with Crippen molar-refractivity contribution < 1.29 is 4.74 Å². The number of methoxy groups -OCH3 is 1. The number of nitrogens with zero attached hydrogens (tertiary/aromatic N) is 1. The van der Waals surface area contributed by atoms with Crippen LogP contribution in [0.15, 0.2) is 30.3 Å². The second-order valence-corrected chi connectivity index (χ2v) is 6.77. The highest BCUT2D eigenvalue weighted by atomic mass is 16.5. The number of aromatic nitrogens is 1. The molecule has 2 aliphatic rings. The van der Waals surface area contributed by atoms with E-state index in [4.69, 9.17) is 16.2 Å². The van der Waals surface area contributed by atoms with Gasteiger partial charge in [-0.25, -0.2) is 4.98 Å². The van der Waals surface area contributed by atoms with Crippen LogP contribution in [0.4, 0.5) is 11.5 Å². The summed E-state index contributed by atoms with van der Waals surface area (Å²) in [5.74, 6) is 2.10. The van der Waals surface area contributed by atoms with Crippen LogP contribution in [0.5, 0.6) is 0 Å². The molecular weight excluding hydrogens is 288 g/mol. The maximum Gasteiger partial charge on any atom is 0.186 e. The highest BCUT2D eigenvalue weighted by molar-refractivity contribution is 5.85. The molecule has 0 amide bonds. The molecule has 1 aliphatic carbocycles. The van der Waals surface area contributed by atoms with E-state index in [0.29, 0.717) is 11.5 Å². The SMILES string of the molecule is COC1=CC=C(c2ccnc(N)c2N)C(C)(CCCC2CC2)N1. The molecule has 0 bridgehead atoms. The number of nitrogens with one attached hydrogen (secondary N) is 1. The standard InChI is InChI=1S/C18H26N4O/c1-18(10-3-4-12-5-6-12)14(7-8-15(22-18)23-2)13-9-11-21-17(20)16(13)19/h7-9,11-12,22H,3-6,10,19H2,1-2H3,(H2,20,21). The molecule has 0 aromatic carbocycles. The first-order chi connectivity index (χ1) is 11.0. The van der Waals surface area contributed by atoms with Crippen LogP contribution in [-0.2, 0) is 4.74 Å². The fourth-order valence-corrected chi connectivity index (χ4v) is 3.30. The summed E-state index contributed by atoms with van der Waals surface area (Å²) in [7, 11) is 1.68. The Labute approximate surface area is 137 Å². The topological polar surface area (TPSA) is 86.2 Å². The molecule has 1 aromatic heterocycles. The van der Waals surface area contributed by atoms with Crippen LogP contribution in [0.2, 0.25) is 0 Å². The number of dihydropyridines is 1. The lowest BCUT2D eigenvalue weighted by molar-refractivity contribution is 0.231. The summed E-state index contributed by atoms with van der Waals surface area (Å²) in [4.78, 5) is 4.07. The predicted molar refractivity (Wildman–Crippen MR) is 94.2 cm³/mol. The van der Waals surface area contributed by atoms with Gasteiger partial charge in [-0.05, 0) is 37.0 Å². The van der Waals surface area contributed by atoms with Crippen molar-refractivity contribution in [3.63, 3.8) is 0 Å². The smallest absolute Gasteiger partial charge is 0.186 e. The highest BCUT2D eigenvalue weighted by Crippen LogP contribution is 2.40. The minimum absolute atomic E-state index is 0.225. The molecule has 1 fully saturated rings. The third-order valence-corrected chi connectivity index (χ3v) is 4.91. The number of hydrogen-bond donors (Lipinski definition) is 3. The number of pyridine rings is 1. The molecule has 2 heterocycles. The Morgan fingerprint density at radius 1 is 1.35 bits per heavy atom. The van der Waals surface area contributed by atoms with E-state index in [1.54, 1.807) is 13.3 Å². The molecule has 0 spiro atoms. The molecule has 124 valence electrons. The summed E-state index contributed by atoms with van der Waals surface area (Å²) in [6.07, 6.45) is 12.0. The van der Waals surface area contributed by atoms with Gasteiger partial charge in [-0.1, -0.05) is 31.8 Å². The van der Waals surface area contributed by atoms with E-state index in [1.807, 2.05) is 12.1 Å². The van der Waals surface area contributed by atoms with Crippen LogP contribution in [-0.4, -0.2) is 17.6 Å². The Morgan fingerprint density at radius 3 is 2.83 bits per heavy atom. The van der Waals surface area contributed by atoms with Gasteiger partial charge in [0.25, 0.3) is 0 Å². The Bertz CT molecular complexity index is 648. The van der Waals surface area contributed by atoms with E-state index >= 15 is 0 Å². The van der Waals surface area contributed by atoms with Gasteiger partial charge in [-0.2, -0.15) is 0 Å². The third-order valence-electron chi connectivity index (χ3n) is 4.91. The summed E-state index contributed by atoms with van der Waals surface area (Å²) in [5, 5.41) is 3.52. The normalized spacial score (nSPS) is 23.7. The molecule has 0 radical (unpaired) electrons. The molecule has 1 aromatic rings. The first kappa shape index (κ1) is 15.7. The van der Waals surface area contributed by atoms with Gasteiger partial charge in [0.15, 0.2) is 5.88 Å². The molecule has 1 aliphatic heterocycles. The number of allylic oxidation sites excluding steroid dienone is 2. The summed E-state index contributed by atoms with van der Waals surface area (Å²) >= 11 is 0. The second-order valence-electron chi connectivity index (χ2n) is 6.77.